The van der Waals surface area contributed by atoms with Gasteiger partial charge in [-0.1, -0.05) is 29.8 Å². The molecule has 0 N–H and O–H groups in total. The summed E-state index contributed by atoms with van der Waals surface area (Å²) in [6.07, 6.45) is 1.79. The van der Waals surface area contributed by atoms with Crippen molar-refractivity contribution in [1.82, 2.24) is 4.98 Å². The molecule has 0 saturated heterocycles. The largest absolute Gasteiger partial charge is 0.497 e. The molecule has 3 heteroatoms. The second-order valence-corrected chi connectivity index (χ2v) is 4.63. The second kappa shape index (κ2) is 4.90. The molecule has 1 heterocycles. The fourth-order valence-electron chi connectivity index (χ4n) is 2.17. The number of methoxy groups -OCH3 is 1. The van der Waals surface area contributed by atoms with Gasteiger partial charge in [-0.25, -0.2) is 0 Å². The molecule has 94 valence electrons. The van der Waals surface area contributed by atoms with Crippen LogP contribution in [0.2, 0.25) is 5.02 Å². The standard InChI is InChI=1S/C16H12ClNO/c1-19-11-6-7-14-12(8-9-18-16(14)10-11)13-4-2-3-5-15(13)17/h2-10H,1H3. The van der Waals surface area contributed by atoms with E-state index in [0.717, 1.165) is 32.8 Å². The summed E-state index contributed by atoms with van der Waals surface area (Å²) in [6.45, 7) is 0. The Bertz CT molecular complexity index is 740. The van der Waals surface area contributed by atoms with Gasteiger partial charge in [-0.15, -0.1) is 0 Å². The number of rotatable bonds is 2. The smallest absolute Gasteiger partial charge is 0.121 e. The Morgan fingerprint density at radius 2 is 1.84 bits per heavy atom. The van der Waals surface area contributed by atoms with E-state index >= 15 is 0 Å². The molecular weight excluding hydrogens is 258 g/mol. The number of hydrogen-bond acceptors (Lipinski definition) is 2. The van der Waals surface area contributed by atoms with Gasteiger partial charge < -0.3 is 4.74 Å². The van der Waals surface area contributed by atoms with Crippen molar-refractivity contribution < 1.29 is 4.74 Å². The highest BCUT2D eigenvalue weighted by Crippen LogP contribution is 2.33. The van der Waals surface area contributed by atoms with Crippen LogP contribution in [-0.2, 0) is 0 Å². The first-order chi connectivity index (χ1) is 9.29. The minimum atomic E-state index is 0.741. The third-order valence-electron chi connectivity index (χ3n) is 3.11. The first kappa shape index (κ1) is 12.0. The van der Waals surface area contributed by atoms with Crippen LogP contribution in [0.5, 0.6) is 5.75 Å². The Morgan fingerprint density at radius 1 is 1.00 bits per heavy atom. The minimum Gasteiger partial charge on any atom is -0.497 e. The molecule has 0 aliphatic rings. The minimum absolute atomic E-state index is 0.741. The number of nitrogens with zero attached hydrogens (tertiary/aromatic N) is 1. The van der Waals surface area contributed by atoms with Crippen LogP contribution < -0.4 is 4.74 Å². The lowest BCUT2D eigenvalue weighted by atomic mass is 10.0. The number of ether oxygens (including phenoxy) is 1. The molecule has 2 aromatic carbocycles. The van der Waals surface area contributed by atoms with Crippen LogP contribution in [0.3, 0.4) is 0 Å². The fourth-order valence-corrected chi connectivity index (χ4v) is 2.41. The number of benzene rings is 2. The zero-order valence-electron chi connectivity index (χ0n) is 10.4. The first-order valence-corrected chi connectivity index (χ1v) is 6.35. The number of aromatic nitrogens is 1. The van der Waals surface area contributed by atoms with Crippen molar-refractivity contribution >= 4 is 22.5 Å². The quantitative estimate of drug-likeness (QED) is 0.680. The summed E-state index contributed by atoms with van der Waals surface area (Å²) in [5.74, 6) is 0.802. The lowest BCUT2D eigenvalue weighted by Crippen LogP contribution is -1.87. The Morgan fingerprint density at radius 3 is 2.63 bits per heavy atom. The van der Waals surface area contributed by atoms with E-state index in [0.29, 0.717) is 0 Å². The molecule has 1 aromatic heterocycles. The summed E-state index contributed by atoms with van der Waals surface area (Å²) in [4.78, 5) is 4.38. The first-order valence-electron chi connectivity index (χ1n) is 5.97. The molecular formula is C16H12ClNO. The molecule has 0 saturated carbocycles. The van der Waals surface area contributed by atoms with Crippen LogP contribution in [0.15, 0.2) is 54.7 Å². The molecule has 0 radical (unpaired) electrons. The topological polar surface area (TPSA) is 22.1 Å². The van der Waals surface area contributed by atoms with Crippen LogP contribution >= 0.6 is 11.6 Å². The van der Waals surface area contributed by atoms with E-state index in [4.69, 9.17) is 16.3 Å². The zero-order valence-corrected chi connectivity index (χ0v) is 11.2. The van der Waals surface area contributed by atoms with Gasteiger partial charge in [-0.2, -0.15) is 0 Å². The summed E-state index contributed by atoms with van der Waals surface area (Å²) in [6, 6.07) is 15.7. The highest BCUT2D eigenvalue weighted by molar-refractivity contribution is 6.33. The van der Waals surface area contributed by atoms with E-state index in [-0.39, 0.29) is 0 Å². The molecule has 0 spiro atoms. The van der Waals surface area contributed by atoms with Crippen molar-refractivity contribution in [2.75, 3.05) is 7.11 Å². The molecule has 0 atom stereocenters. The number of pyridine rings is 1. The zero-order chi connectivity index (χ0) is 13.2. The third kappa shape index (κ3) is 2.15. The summed E-state index contributed by atoms with van der Waals surface area (Å²) in [7, 11) is 1.65. The Labute approximate surface area is 116 Å². The molecule has 0 bridgehead atoms. The summed E-state index contributed by atoms with van der Waals surface area (Å²) in [5, 5.41) is 1.81. The average molecular weight is 270 g/mol. The summed E-state index contributed by atoms with van der Waals surface area (Å²) in [5.41, 5.74) is 3.00. The fraction of sp³-hybridized carbons (Fsp3) is 0.0625. The summed E-state index contributed by atoms with van der Waals surface area (Å²) < 4.78 is 5.23. The van der Waals surface area contributed by atoms with Gasteiger partial charge in [0.2, 0.25) is 0 Å². The van der Waals surface area contributed by atoms with Crippen LogP contribution in [0.4, 0.5) is 0 Å². The molecule has 0 aliphatic heterocycles. The van der Waals surface area contributed by atoms with Gasteiger partial charge in [0, 0.05) is 28.2 Å². The van der Waals surface area contributed by atoms with Crippen molar-refractivity contribution in [3.8, 4) is 16.9 Å². The van der Waals surface area contributed by atoms with Gasteiger partial charge >= 0.3 is 0 Å². The van der Waals surface area contributed by atoms with Gasteiger partial charge in [-0.05, 0) is 29.8 Å². The molecule has 3 rings (SSSR count). The molecule has 0 fully saturated rings. The maximum absolute atomic E-state index is 6.27. The van der Waals surface area contributed by atoms with Crippen LogP contribution in [-0.4, -0.2) is 12.1 Å². The maximum atomic E-state index is 6.27. The molecule has 19 heavy (non-hydrogen) atoms. The van der Waals surface area contributed by atoms with E-state index in [1.54, 1.807) is 13.3 Å². The molecule has 0 unspecified atom stereocenters. The normalized spacial score (nSPS) is 10.6. The van der Waals surface area contributed by atoms with E-state index in [9.17, 15) is 0 Å². The highest BCUT2D eigenvalue weighted by atomic mass is 35.5. The molecule has 2 nitrogen and oxygen atoms in total. The van der Waals surface area contributed by atoms with E-state index in [2.05, 4.69) is 4.98 Å². The Hall–Kier alpha value is -2.06. The van der Waals surface area contributed by atoms with Crippen molar-refractivity contribution in [1.29, 1.82) is 0 Å². The predicted octanol–water partition coefficient (Wildman–Crippen LogP) is 4.56. The van der Waals surface area contributed by atoms with Crippen LogP contribution in [0.25, 0.3) is 22.0 Å². The van der Waals surface area contributed by atoms with Gasteiger partial charge in [0.15, 0.2) is 0 Å². The average Bonchev–Trinajstić information content (AvgIpc) is 2.46. The van der Waals surface area contributed by atoms with E-state index in [1.165, 1.54) is 0 Å². The highest BCUT2D eigenvalue weighted by Gasteiger charge is 2.08. The lowest BCUT2D eigenvalue weighted by molar-refractivity contribution is 0.415. The lowest BCUT2D eigenvalue weighted by Gasteiger charge is -2.09. The van der Waals surface area contributed by atoms with Crippen molar-refractivity contribution in [3.63, 3.8) is 0 Å². The molecule has 0 aliphatic carbocycles. The van der Waals surface area contributed by atoms with Gasteiger partial charge in [0.1, 0.15) is 5.75 Å². The number of fused-ring (bicyclic) bond motifs is 1. The number of halogens is 1. The van der Waals surface area contributed by atoms with Crippen LogP contribution in [0, 0.1) is 0 Å². The van der Waals surface area contributed by atoms with Gasteiger partial charge in [0.05, 0.1) is 12.6 Å². The van der Waals surface area contributed by atoms with Crippen LogP contribution in [0.1, 0.15) is 0 Å². The Kier molecular flexibility index (Phi) is 3.10. The number of hydrogen-bond donors (Lipinski definition) is 0. The SMILES string of the molecule is COc1ccc2c(-c3ccccc3Cl)ccnc2c1. The monoisotopic (exact) mass is 269 g/mol. The van der Waals surface area contributed by atoms with Crippen molar-refractivity contribution in [2.45, 2.75) is 0 Å². The Balaban J connectivity index is 2.28. The summed E-state index contributed by atoms with van der Waals surface area (Å²) >= 11 is 6.27. The van der Waals surface area contributed by atoms with Crippen molar-refractivity contribution in [3.05, 3.63) is 59.8 Å². The second-order valence-electron chi connectivity index (χ2n) is 4.22. The van der Waals surface area contributed by atoms with Crippen molar-refractivity contribution in [2.24, 2.45) is 0 Å². The predicted molar refractivity (Wildman–Crippen MR) is 78.7 cm³/mol. The third-order valence-corrected chi connectivity index (χ3v) is 3.44. The van der Waals surface area contributed by atoms with Gasteiger partial charge in [0.25, 0.3) is 0 Å². The molecule has 0 amide bonds. The maximum Gasteiger partial charge on any atom is 0.121 e. The van der Waals surface area contributed by atoms with E-state index < -0.39 is 0 Å². The van der Waals surface area contributed by atoms with Gasteiger partial charge in [-0.3, -0.25) is 4.98 Å². The molecule has 3 aromatic rings. The van der Waals surface area contributed by atoms with E-state index in [1.807, 2.05) is 48.5 Å².